The largest absolute Gasteiger partial charge is 0.385 e. The van der Waals surface area contributed by atoms with Gasteiger partial charge in [0.05, 0.1) is 22.0 Å². The highest BCUT2D eigenvalue weighted by atomic mass is 35.5. The van der Waals surface area contributed by atoms with E-state index in [1.54, 1.807) is 10.7 Å². The second kappa shape index (κ2) is 5.11. The van der Waals surface area contributed by atoms with Crippen LogP contribution in [0.15, 0.2) is 18.2 Å². The molecule has 2 aromatic rings. The van der Waals surface area contributed by atoms with Gasteiger partial charge in [-0.2, -0.15) is 5.10 Å². The van der Waals surface area contributed by atoms with Crippen LogP contribution in [0.1, 0.15) is 35.9 Å². The van der Waals surface area contributed by atoms with E-state index in [2.05, 4.69) is 5.10 Å². The summed E-state index contributed by atoms with van der Waals surface area (Å²) in [5.41, 5.74) is 2.36. The average molecular weight is 309 g/mol. The molecule has 3 rings (SSSR count). The smallest absolute Gasteiger partial charge is 0.123 e. The number of hydrogen-bond acceptors (Lipinski definition) is 2. The normalized spacial score (nSPS) is 20.8. The van der Waals surface area contributed by atoms with Crippen LogP contribution < -0.4 is 0 Å². The average Bonchev–Trinajstić information content (AvgIpc) is 2.91. The molecule has 1 N–H and O–H groups in total. The Balaban J connectivity index is 1.98. The molecule has 1 unspecified atom stereocenters. The van der Waals surface area contributed by atoms with Gasteiger partial charge in [0.25, 0.3) is 0 Å². The number of rotatable bonds is 3. The summed E-state index contributed by atoms with van der Waals surface area (Å²) in [6.45, 7) is 2.00. The lowest BCUT2D eigenvalue weighted by Crippen LogP contribution is -2.26. The van der Waals surface area contributed by atoms with E-state index in [0.29, 0.717) is 24.3 Å². The maximum Gasteiger partial charge on any atom is 0.123 e. The maximum atomic E-state index is 13.3. The van der Waals surface area contributed by atoms with Gasteiger partial charge >= 0.3 is 0 Å². The predicted molar refractivity (Wildman–Crippen MR) is 79.9 cm³/mol. The van der Waals surface area contributed by atoms with Gasteiger partial charge in [-0.05, 0) is 42.5 Å². The Bertz CT molecular complexity index is 698. The Hall–Kier alpha value is -1.39. The molecule has 0 aliphatic heterocycles. The molecule has 1 aliphatic rings. The highest BCUT2D eigenvalue weighted by Crippen LogP contribution is 2.40. The molecule has 21 heavy (non-hydrogen) atoms. The van der Waals surface area contributed by atoms with E-state index in [1.807, 2.05) is 14.0 Å². The van der Waals surface area contributed by atoms with Gasteiger partial charge < -0.3 is 5.11 Å². The predicted octanol–water partition coefficient (Wildman–Crippen LogP) is 3.15. The fourth-order valence-corrected chi connectivity index (χ4v) is 3.53. The zero-order chi connectivity index (χ0) is 15.2. The van der Waals surface area contributed by atoms with Crippen LogP contribution in [0.25, 0.3) is 0 Å². The van der Waals surface area contributed by atoms with Crippen molar-refractivity contribution in [2.45, 2.75) is 38.2 Å². The van der Waals surface area contributed by atoms with E-state index in [0.717, 1.165) is 28.9 Å². The molecule has 0 saturated heterocycles. The number of aliphatic hydroxyl groups is 1. The van der Waals surface area contributed by atoms with Gasteiger partial charge in [-0.15, -0.1) is 0 Å². The molecule has 0 spiro atoms. The molecule has 0 saturated carbocycles. The Morgan fingerprint density at radius 3 is 2.90 bits per heavy atom. The molecule has 0 fully saturated rings. The minimum atomic E-state index is -0.995. The van der Waals surface area contributed by atoms with Crippen LogP contribution in [0.2, 0.25) is 5.02 Å². The summed E-state index contributed by atoms with van der Waals surface area (Å²) >= 11 is 6.37. The van der Waals surface area contributed by atoms with Crippen molar-refractivity contribution >= 4 is 11.6 Å². The summed E-state index contributed by atoms with van der Waals surface area (Å²) in [5, 5.41) is 16.0. The van der Waals surface area contributed by atoms with Gasteiger partial charge in [-0.3, -0.25) is 4.68 Å². The summed E-state index contributed by atoms with van der Waals surface area (Å²) in [5.74, 6) is -0.259. The Morgan fingerprint density at radius 1 is 1.48 bits per heavy atom. The van der Waals surface area contributed by atoms with E-state index in [4.69, 9.17) is 11.6 Å². The van der Waals surface area contributed by atoms with Crippen LogP contribution in [-0.4, -0.2) is 14.9 Å². The molecule has 1 aliphatic carbocycles. The number of hydrogen-bond donors (Lipinski definition) is 1. The molecular weight excluding hydrogens is 291 g/mol. The van der Waals surface area contributed by atoms with Gasteiger partial charge in [-0.25, -0.2) is 4.39 Å². The third kappa shape index (κ3) is 2.36. The highest BCUT2D eigenvalue weighted by Gasteiger charge is 2.38. The summed E-state index contributed by atoms with van der Waals surface area (Å²) in [6.07, 6.45) is 2.41. The van der Waals surface area contributed by atoms with Gasteiger partial charge in [-0.1, -0.05) is 24.6 Å². The van der Waals surface area contributed by atoms with Gasteiger partial charge in [0.2, 0.25) is 0 Å². The fourth-order valence-electron chi connectivity index (χ4n) is 3.17. The van der Waals surface area contributed by atoms with E-state index < -0.39 is 5.60 Å². The lowest BCUT2D eigenvalue weighted by molar-refractivity contribution is 0.0371. The second-order valence-corrected chi connectivity index (χ2v) is 6.07. The first kappa shape index (κ1) is 14.5. The summed E-state index contributed by atoms with van der Waals surface area (Å²) in [6, 6.07) is 4.59. The monoisotopic (exact) mass is 308 g/mol. The molecule has 5 heteroatoms. The first-order chi connectivity index (χ1) is 9.94. The molecule has 0 bridgehead atoms. The summed E-state index contributed by atoms with van der Waals surface area (Å²) < 4.78 is 15.0. The number of fused-ring (bicyclic) bond motifs is 1. The lowest BCUT2D eigenvalue weighted by Gasteiger charge is -2.24. The van der Waals surface area contributed by atoms with E-state index in [1.165, 1.54) is 12.1 Å². The molecule has 3 nitrogen and oxygen atoms in total. The van der Waals surface area contributed by atoms with Crippen molar-refractivity contribution < 1.29 is 9.50 Å². The molecule has 1 aromatic heterocycles. The molecule has 1 heterocycles. The molecular formula is C16H18ClFN2O. The number of benzene rings is 1. The number of halogens is 2. The summed E-state index contributed by atoms with van der Waals surface area (Å²) in [4.78, 5) is 0. The number of aryl methyl sites for hydroxylation is 3. The summed E-state index contributed by atoms with van der Waals surface area (Å²) in [7, 11) is 1.84. The van der Waals surface area contributed by atoms with Crippen molar-refractivity contribution in [1.29, 1.82) is 0 Å². The second-order valence-electron chi connectivity index (χ2n) is 5.69. The van der Waals surface area contributed by atoms with Crippen molar-refractivity contribution in [2.24, 2.45) is 7.05 Å². The quantitative estimate of drug-likeness (QED) is 0.946. The molecule has 0 radical (unpaired) electrons. The van der Waals surface area contributed by atoms with Gasteiger partial charge in [0.1, 0.15) is 5.82 Å². The third-order valence-corrected chi connectivity index (χ3v) is 4.78. The van der Waals surface area contributed by atoms with Crippen LogP contribution in [0, 0.1) is 5.82 Å². The zero-order valence-electron chi connectivity index (χ0n) is 12.2. The number of nitrogens with zero attached hydrogens (tertiary/aromatic N) is 2. The first-order valence-corrected chi connectivity index (χ1v) is 7.54. The SMILES string of the molecule is CCc1nn(C)c(CC2(O)CCc3cc(F)ccc32)c1Cl. The molecule has 112 valence electrons. The molecule has 1 atom stereocenters. The van der Waals surface area contributed by atoms with Crippen molar-refractivity contribution in [2.75, 3.05) is 0 Å². The maximum absolute atomic E-state index is 13.3. The van der Waals surface area contributed by atoms with Crippen molar-refractivity contribution in [1.82, 2.24) is 9.78 Å². The van der Waals surface area contributed by atoms with Gasteiger partial charge in [0, 0.05) is 13.5 Å². The van der Waals surface area contributed by atoms with Gasteiger partial charge in [0.15, 0.2) is 0 Å². The Morgan fingerprint density at radius 2 is 2.24 bits per heavy atom. The van der Waals surface area contributed by atoms with Crippen molar-refractivity contribution in [3.8, 4) is 0 Å². The van der Waals surface area contributed by atoms with Crippen LogP contribution in [0.4, 0.5) is 4.39 Å². The molecule has 0 amide bonds. The van der Waals surface area contributed by atoms with Crippen LogP contribution in [0.5, 0.6) is 0 Å². The first-order valence-electron chi connectivity index (χ1n) is 7.16. The topological polar surface area (TPSA) is 38.0 Å². The highest BCUT2D eigenvalue weighted by molar-refractivity contribution is 6.31. The van der Waals surface area contributed by atoms with Crippen molar-refractivity contribution in [3.63, 3.8) is 0 Å². The minimum absolute atomic E-state index is 0.259. The Kier molecular flexibility index (Phi) is 3.54. The lowest BCUT2D eigenvalue weighted by atomic mass is 9.90. The zero-order valence-corrected chi connectivity index (χ0v) is 12.9. The van der Waals surface area contributed by atoms with Crippen molar-refractivity contribution in [3.05, 3.63) is 51.6 Å². The minimum Gasteiger partial charge on any atom is -0.385 e. The Labute approximate surface area is 128 Å². The van der Waals surface area contributed by atoms with E-state index in [9.17, 15) is 9.50 Å². The fraction of sp³-hybridized carbons (Fsp3) is 0.438. The van der Waals surface area contributed by atoms with Crippen LogP contribution in [0.3, 0.4) is 0 Å². The van der Waals surface area contributed by atoms with E-state index >= 15 is 0 Å². The van der Waals surface area contributed by atoms with E-state index in [-0.39, 0.29) is 5.82 Å². The van der Waals surface area contributed by atoms with Crippen LogP contribution >= 0.6 is 11.6 Å². The standard InChI is InChI=1S/C16H18ClFN2O/c1-3-13-15(17)14(20(2)19-13)9-16(21)7-6-10-8-11(18)4-5-12(10)16/h4-5,8,21H,3,6-7,9H2,1-2H3. The molecule has 1 aromatic carbocycles. The third-order valence-electron chi connectivity index (χ3n) is 4.34. The number of aromatic nitrogens is 2. The van der Waals surface area contributed by atoms with Crippen LogP contribution in [-0.2, 0) is 31.9 Å².